The van der Waals surface area contributed by atoms with E-state index >= 15 is 0 Å². The summed E-state index contributed by atoms with van der Waals surface area (Å²) in [6.45, 7) is 4.29. The average Bonchev–Trinajstić information content (AvgIpc) is 3.21. The van der Waals surface area contributed by atoms with Crippen LogP contribution in [0.4, 0.5) is 0 Å². The van der Waals surface area contributed by atoms with Gasteiger partial charge in [-0.25, -0.2) is 4.98 Å². The van der Waals surface area contributed by atoms with Gasteiger partial charge < -0.3 is 15.2 Å². The molecule has 0 radical (unpaired) electrons. The Morgan fingerprint density at radius 2 is 1.97 bits per heavy atom. The number of fused-ring (bicyclic) bond motifs is 1. The molecule has 2 aliphatic rings. The maximum absolute atomic E-state index is 13.3. The molecule has 1 amide bonds. The van der Waals surface area contributed by atoms with Crippen molar-refractivity contribution in [2.24, 2.45) is 0 Å². The summed E-state index contributed by atoms with van der Waals surface area (Å²) < 4.78 is 5.54. The maximum Gasteiger partial charge on any atom is 0.252 e. The number of ether oxygens (including phenoxy) is 1. The van der Waals surface area contributed by atoms with E-state index < -0.39 is 0 Å². The molecule has 3 aromatic rings. The van der Waals surface area contributed by atoms with Gasteiger partial charge in [-0.2, -0.15) is 0 Å². The van der Waals surface area contributed by atoms with E-state index in [4.69, 9.17) is 9.72 Å². The second kappa shape index (κ2) is 8.88. The van der Waals surface area contributed by atoms with E-state index in [1.165, 1.54) is 0 Å². The van der Waals surface area contributed by atoms with Gasteiger partial charge in [-0.05, 0) is 62.6 Å². The number of hydrogen-bond donors (Lipinski definition) is 2. The number of benzene rings is 2. The van der Waals surface area contributed by atoms with E-state index in [2.05, 4.69) is 10.2 Å². The molecule has 1 saturated carbocycles. The van der Waals surface area contributed by atoms with Crippen LogP contribution in [0.15, 0.2) is 54.6 Å². The molecule has 0 spiro atoms. The fourth-order valence-corrected chi connectivity index (χ4v) is 4.77. The summed E-state index contributed by atoms with van der Waals surface area (Å²) >= 11 is 0. The van der Waals surface area contributed by atoms with E-state index in [0.717, 1.165) is 60.3 Å². The lowest BCUT2D eigenvalue weighted by molar-refractivity contribution is 0.0777. The summed E-state index contributed by atoms with van der Waals surface area (Å²) in [6.07, 6.45) is 2.53. The second-order valence-electron chi connectivity index (χ2n) is 8.76. The van der Waals surface area contributed by atoms with Gasteiger partial charge in [0.2, 0.25) is 0 Å². The third-order valence-corrected chi connectivity index (χ3v) is 6.58. The molecule has 2 heterocycles. The number of nitrogens with one attached hydrogen (secondary N) is 1. The molecule has 5 rings (SSSR count). The number of β-amino-alcohol motifs (C(OH)–C–C–N with tert-alkyl or cyclic N) is 1. The van der Waals surface area contributed by atoms with Crippen molar-refractivity contribution in [3.63, 3.8) is 0 Å². The van der Waals surface area contributed by atoms with Crippen molar-refractivity contribution in [1.82, 2.24) is 15.2 Å². The van der Waals surface area contributed by atoms with Crippen LogP contribution in [0.3, 0.4) is 0 Å². The predicted molar refractivity (Wildman–Crippen MR) is 125 cm³/mol. The predicted octanol–water partition coefficient (Wildman–Crippen LogP) is 3.63. The number of aliphatic hydroxyl groups is 1. The lowest BCUT2D eigenvalue weighted by Crippen LogP contribution is -2.53. The van der Waals surface area contributed by atoms with E-state index in [9.17, 15) is 9.90 Å². The summed E-state index contributed by atoms with van der Waals surface area (Å²) in [5.74, 6) is 0.765. The number of nitrogens with zero attached hydrogens (tertiary/aromatic N) is 2. The van der Waals surface area contributed by atoms with Crippen molar-refractivity contribution in [3.05, 3.63) is 60.2 Å². The Kier molecular flexibility index (Phi) is 5.81. The molecule has 1 atom stereocenters. The van der Waals surface area contributed by atoms with Gasteiger partial charge in [0.25, 0.3) is 5.91 Å². The van der Waals surface area contributed by atoms with Gasteiger partial charge in [-0.15, -0.1) is 0 Å². The fourth-order valence-electron chi connectivity index (χ4n) is 4.77. The quantitative estimate of drug-likeness (QED) is 0.624. The van der Waals surface area contributed by atoms with Gasteiger partial charge in [-0.3, -0.25) is 9.69 Å². The highest BCUT2D eigenvalue weighted by molar-refractivity contribution is 6.07. The molecule has 1 aromatic heterocycles. The number of aliphatic hydroxyl groups excluding tert-OH is 1. The van der Waals surface area contributed by atoms with Crippen LogP contribution < -0.4 is 10.1 Å². The Balaban J connectivity index is 1.35. The summed E-state index contributed by atoms with van der Waals surface area (Å²) in [5.41, 5.74) is 3.18. The minimum Gasteiger partial charge on any atom is -0.494 e. The van der Waals surface area contributed by atoms with Gasteiger partial charge in [0, 0.05) is 36.1 Å². The Labute approximate surface area is 188 Å². The van der Waals surface area contributed by atoms with Gasteiger partial charge in [-0.1, -0.05) is 18.2 Å². The number of carbonyl (C=O) groups is 1. The van der Waals surface area contributed by atoms with E-state index in [1.807, 2.05) is 61.5 Å². The first-order valence-corrected chi connectivity index (χ1v) is 11.5. The molecule has 0 bridgehead atoms. The molecule has 1 aliphatic heterocycles. The highest BCUT2D eigenvalue weighted by Crippen LogP contribution is 2.30. The van der Waals surface area contributed by atoms with Crippen molar-refractivity contribution in [2.75, 3.05) is 19.7 Å². The number of hydrogen-bond acceptors (Lipinski definition) is 5. The van der Waals surface area contributed by atoms with Crippen LogP contribution in [0, 0.1) is 0 Å². The SMILES string of the molecule is CCOc1ccc(-c2cc(C(=O)NC3CC(N4CC[C@H](O)C4)C3)c3ccccc3n2)cc1. The monoisotopic (exact) mass is 431 g/mol. The number of pyridine rings is 1. The van der Waals surface area contributed by atoms with E-state index in [1.54, 1.807) is 0 Å². The Morgan fingerprint density at radius 1 is 1.19 bits per heavy atom. The van der Waals surface area contributed by atoms with Crippen LogP contribution in [0.1, 0.15) is 36.5 Å². The number of para-hydroxylation sites is 1. The minimum absolute atomic E-state index is 0.0549. The molecule has 1 saturated heterocycles. The molecule has 6 nitrogen and oxygen atoms in total. The summed E-state index contributed by atoms with van der Waals surface area (Å²) in [5, 5.41) is 13.8. The number of likely N-dealkylation sites (tertiary alicyclic amines) is 1. The van der Waals surface area contributed by atoms with E-state index in [0.29, 0.717) is 18.2 Å². The van der Waals surface area contributed by atoms with Gasteiger partial charge in [0.1, 0.15) is 5.75 Å². The summed E-state index contributed by atoms with van der Waals surface area (Å²) in [6, 6.07) is 18.1. The normalized spacial score (nSPS) is 23.1. The Hall–Kier alpha value is -2.96. The smallest absolute Gasteiger partial charge is 0.252 e. The van der Waals surface area contributed by atoms with Crippen LogP contribution in [0.5, 0.6) is 5.75 Å². The Morgan fingerprint density at radius 3 is 2.69 bits per heavy atom. The third kappa shape index (κ3) is 4.20. The molecule has 0 unspecified atom stereocenters. The van der Waals surface area contributed by atoms with Crippen LogP contribution >= 0.6 is 0 Å². The second-order valence-corrected chi connectivity index (χ2v) is 8.76. The molecule has 1 aliphatic carbocycles. The summed E-state index contributed by atoms with van der Waals surface area (Å²) in [7, 11) is 0. The zero-order chi connectivity index (χ0) is 22.1. The van der Waals surface area contributed by atoms with Crippen molar-refractivity contribution < 1.29 is 14.6 Å². The molecule has 166 valence electrons. The van der Waals surface area contributed by atoms with Crippen LogP contribution in [0.25, 0.3) is 22.2 Å². The highest BCUT2D eigenvalue weighted by atomic mass is 16.5. The highest BCUT2D eigenvalue weighted by Gasteiger charge is 2.37. The minimum atomic E-state index is -0.201. The van der Waals surface area contributed by atoms with Gasteiger partial charge in [0.15, 0.2) is 0 Å². The van der Waals surface area contributed by atoms with Gasteiger partial charge in [0.05, 0.1) is 29.5 Å². The first-order valence-electron chi connectivity index (χ1n) is 11.5. The third-order valence-electron chi connectivity index (χ3n) is 6.58. The van der Waals surface area contributed by atoms with Crippen molar-refractivity contribution >= 4 is 16.8 Å². The average molecular weight is 432 g/mol. The lowest BCUT2D eigenvalue weighted by Gasteiger charge is -2.41. The molecular formula is C26H29N3O3. The topological polar surface area (TPSA) is 74.7 Å². The standard InChI is InChI=1S/C26H29N3O3/c1-2-32-21-9-7-17(8-10-21)25-15-23(22-5-3-4-6-24(22)28-25)26(31)27-18-13-19(14-18)29-12-11-20(30)16-29/h3-10,15,18-20,30H,2,11-14,16H2,1H3,(H,27,31)/t18?,19?,20-/m0/s1. The zero-order valence-electron chi connectivity index (χ0n) is 18.3. The molecule has 2 aromatic carbocycles. The molecular weight excluding hydrogens is 402 g/mol. The number of aromatic nitrogens is 1. The summed E-state index contributed by atoms with van der Waals surface area (Å²) in [4.78, 5) is 20.4. The molecule has 2 N–H and O–H groups in total. The molecule has 32 heavy (non-hydrogen) atoms. The number of carbonyl (C=O) groups excluding carboxylic acids is 1. The molecule has 2 fully saturated rings. The van der Waals surface area contributed by atoms with Crippen LogP contribution in [-0.4, -0.2) is 58.8 Å². The first-order chi connectivity index (χ1) is 15.6. The van der Waals surface area contributed by atoms with E-state index in [-0.39, 0.29) is 18.1 Å². The maximum atomic E-state index is 13.3. The van der Waals surface area contributed by atoms with Crippen LogP contribution in [0.2, 0.25) is 0 Å². The zero-order valence-corrected chi connectivity index (χ0v) is 18.3. The lowest BCUT2D eigenvalue weighted by atomic mass is 9.85. The van der Waals surface area contributed by atoms with Crippen molar-refractivity contribution in [3.8, 4) is 17.0 Å². The molecule has 6 heteroatoms. The largest absolute Gasteiger partial charge is 0.494 e. The fraction of sp³-hybridized carbons (Fsp3) is 0.385. The number of amides is 1. The number of rotatable bonds is 6. The first kappa shape index (κ1) is 20.9. The van der Waals surface area contributed by atoms with Gasteiger partial charge >= 0.3 is 0 Å². The van der Waals surface area contributed by atoms with Crippen molar-refractivity contribution in [1.29, 1.82) is 0 Å². The Bertz CT molecular complexity index is 1110. The van der Waals surface area contributed by atoms with Crippen LogP contribution in [-0.2, 0) is 0 Å². The van der Waals surface area contributed by atoms with Crippen molar-refractivity contribution in [2.45, 2.75) is 44.4 Å².